The Kier molecular flexibility index (Phi) is 7.17. The number of aryl methyl sites for hydroxylation is 3. The molecule has 5 rings (SSSR count). The number of benzene rings is 2. The van der Waals surface area contributed by atoms with E-state index >= 15 is 0 Å². The van der Waals surface area contributed by atoms with E-state index in [9.17, 15) is 9.18 Å². The van der Waals surface area contributed by atoms with Crippen LogP contribution in [0.3, 0.4) is 0 Å². The van der Waals surface area contributed by atoms with Gasteiger partial charge >= 0.3 is 0 Å². The number of anilines is 1. The van der Waals surface area contributed by atoms with Crippen LogP contribution in [-0.2, 0) is 12.8 Å². The zero-order chi connectivity index (χ0) is 25.9. The highest BCUT2D eigenvalue weighted by Crippen LogP contribution is 2.30. The van der Waals surface area contributed by atoms with E-state index in [0.717, 1.165) is 65.3 Å². The topological polar surface area (TPSA) is 67.2 Å². The summed E-state index contributed by atoms with van der Waals surface area (Å²) >= 11 is 0. The first-order valence-corrected chi connectivity index (χ1v) is 13.1. The Morgan fingerprint density at radius 2 is 1.65 bits per heavy atom. The molecule has 1 aliphatic rings. The Balaban J connectivity index is 1.44. The molecule has 0 unspecified atom stereocenters. The van der Waals surface area contributed by atoms with Gasteiger partial charge in [0.15, 0.2) is 5.65 Å². The summed E-state index contributed by atoms with van der Waals surface area (Å²) in [5, 5.41) is 5.67. The Labute approximate surface area is 216 Å². The van der Waals surface area contributed by atoms with Gasteiger partial charge < -0.3 is 9.80 Å². The van der Waals surface area contributed by atoms with Crippen LogP contribution in [0.4, 0.5) is 10.2 Å². The Hall–Kier alpha value is -3.81. The number of fused-ring (bicyclic) bond motifs is 1. The van der Waals surface area contributed by atoms with E-state index in [1.807, 2.05) is 36.1 Å². The monoisotopic (exact) mass is 500 g/mol. The molecule has 4 aromatic rings. The highest BCUT2D eigenvalue weighted by molar-refractivity contribution is 5.95. The number of carbonyl (C=O) groups is 1. The van der Waals surface area contributed by atoms with Crippen LogP contribution in [0.5, 0.6) is 0 Å². The van der Waals surface area contributed by atoms with Gasteiger partial charge in [-0.05, 0) is 61.7 Å². The van der Waals surface area contributed by atoms with Gasteiger partial charge in [-0.1, -0.05) is 32.4 Å². The molecule has 0 bridgehead atoms. The van der Waals surface area contributed by atoms with E-state index < -0.39 is 0 Å². The molecule has 7 nitrogen and oxygen atoms in total. The lowest BCUT2D eigenvalue weighted by Gasteiger charge is -2.36. The smallest absolute Gasteiger partial charge is 0.253 e. The zero-order valence-corrected chi connectivity index (χ0v) is 21.7. The standard InChI is InChI=1S/C29H33FN6O/c1-4-6-7-25-31-27(26-20(3)33-36(28(26)32-25)24-14-12-23(30)13-15-24)34-16-18-35(19-17-34)29(37)22-10-8-21(5-2)9-11-22/h8-15H,4-7,16-19H2,1-3H3. The fourth-order valence-corrected chi connectivity index (χ4v) is 4.83. The van der Waals surface area contributed by atoms with Crippen LogP contribution in [0.25, 0.3) is 16.7 Å². The number of piperazine rings is 1. The van der Waals surface area contributed by atoms with Gasteiger partial charge in [-0.3, -0.25) is 4.79 Å². The third-order valence-corrected chi connectivity index (χ3v) is 7.03. The first-order valence-electron chi connectivity index (χ1n) is 13.1. The summed E-state index contributed by atoms with van der Waals surface area (Å²) in [6.07, 6.45) is 3.78. The van der Waals surface area contributed by atoms with Crippen molar-refractivity contribution < 1.29 is 9.18 Å². The lowest BCUT2D eigenvalue weighted by atomic mass is 10.1. The van der Waals surface area contributed by atoms with E-state index in [4.69, 9.17) is 15.1 Å². The minimum absolute atomic E-state index is 0.0686. The number of halogens is 1. The highest BCUT2D eigenvalue weighted by atomic mass is 19.1. The number of unbranched alkanes of at least 4 members (excludes halogenated alkanes) is 1. The summed E-state index contributed by atoms with van der Waals surface area (Å²) < 4.78 is 15.4. The second-order valence-electron chi connectivity index (χ2n) is 9.57. The summed E-state index contributed by atoms with van der Waals surface area (Å²) in [6.45, 7) is 8.82. The molecule has 0 atom stereocenters. The van der Waals surface area contributed by atoms with Gasteiger partial charge in [-0.15, -0.1) is 0 Å². The van der Waals surface area contributed by atoms with E-state index in [-0.39, 0.29) is 11.7 Å². The molecule has 0 N–H and O–H groups in total. The molecule has 37 heavy (non-hydrogen) atoms. The maximum atomic E-state index is 13.6. The van der Waals surface area contributed by atoms with Crippen molar-refractivity contribution in [2.75, 3.05) is 31.1 Å². The fraction of sp³-hybridized carbons (Fsp3) is 0.379. The van der Waals surface area contributed by atoms with Crippen molar-refractivity contribution >= 4 is 22.8 Å². The van der Waals surface area contributed by atoms with Crippen LogP contribution in [0, 0.1) is 12.7 Å². The Morgan fingerprint density at radius 3 is 2.30 bits per heavy atom. The molecule has 3 heterocycles. The van der Waals surface area contributed by atoms with Crippen LogP contribution in [0.2, 0.25) is 0 Å². The maximum absolute atomic E-state index is 13.6. The number of hydrogen-bond donors (Lipinski definition) is 0. The Morgan fingerprint density at radius 1 is 0.946 bits per heavy atom. The molecule has 1 aliphatic heterocycles. The first-order chi connectivity index (χ1) is 18.0. The molecule has 192 valence electrons. The highest BCUT2D eigenvalue weighted by Gasteiger charge is 2.27. The minimum atomic E-state index is -0.287. The van der Waals surface area contributed by atoms with Crippen molar-refractivity contribution in [1.29, 1.82) is 0 Å². The predicted octanol–water partition coefficient (Wildman–Crippen LogP) is 5.13. The van der Waals surface area contributed by atoms with Crippen LogP contribution >= 0.6 is 0 Å². The lowest BCUT2D eigenvalue weighted by Crippen LogP contribution is -2.49. The number of carbonyl (C=O) groups excluding carboxylic acids is 1. The zero-order valence-electron chi connectivity index (χ0n) is 21.7. The van der Waals surface area contributed by atoms with Gasteiger partial charge in [-0.25, -0.2) is 19.0 Å². The van der Waals surface area contributed by atoms with E-state index in [2.05, 4.69) is 18.7 Å². The molecule has 0 radical (unpaired) electrons. The third-order valence-electron chi connectivity index (χ3n) is 7.03. The van der Waals surface area contributed by atoms with Crippen molar-refractivity contribution in [2.24, 2.45) is 0 Å². The van der Waals surface area contributed by atoms with Gasteiger partial charge in [0.25, 0.3) is 5.91 Å². The number of hydrogen-bond acceptors (Lipinski definition) is 5. The summed E-state index contributed by atoms with van der Waals surface area (Å²) in [5.74, 6) is 1.42. The van der Waals surface area contributed by atoms with Crippen LogP contribution < -0.4 is 4.90 Å². The van der Waals surface area contributed by atoms with Crippen molar-refractivity contribution in [3.05, 3.63) is 77.0 Å². The fourth-order valence-electron chi connectivity index (χ4n) is 4.83. The van der Waals surface area contributed by atoms with E-state index in [1.54, 1.807) is 16.8 Å². The molecule has 8 heteroatoms. The second kappa shape index (κ2) is 10.7. The average molecular weight is 501 g/mol. The molecule has 2 aromatic carbocycles. The molecular formula is C29H33FN6O. The molecule has 0 saturated carbocycles. The van der Waals surface area contributed by atoms with Crippen LogP contribution in [-0.4, -0.2) is 56.7 Å². The van der Waals surface area contributed by atoms with Crippen molar-refractivity contribution in [1.82, 2.24) is 24.6 Å². The van der Waals surface area contributed by atoms with Gasteiger partial charge in [-0.2, -0.15) is 5.10 Å². The average Bonchev–Trinajstić information content (AvgIpc) is 3.27. The lowest BCUT2D eigenvalue weighted by molar-refractivity contribution is 0.0746. The molecule has 1 amide bonds. The van der Waals surface area contributed by atoms with Gasteiger partial charge in [0, 0.05) is 38.2 Å². The molecule has 1 saturated heterocycles. The molecule has 0 spiro atoms. The van der Waals surface area contributed by atoms with Crippen molar-refractivity contribution in [2.45, 2.75) is 46.5 Å². The second-order valence-corrected chi connectivity index (χ2v) is 9.57. The van der Waals surface area contributed by atoms with Crippen LogP contribution in [0.1, 0.15) is 54.1 Å². The largest absolute Gasteiger partial charge is 0.352 e. The number of rotatable bonds is 7. The minimum Gasteiger partial charge on any atom is -0.352 e. The van der Waals surface area contributed by atoms with E-state index in [0.29, 0.717) is 26.2 Å². The summed E-state index contributed by atoms with van der Waals surface area (Å²) in [7, 11) is 0. The summed E-state index contributed by atoms with van der Waals surface area (Å²) in [4.78, 5) is 27.1. The van der Waals surface area contributed by atoms with Crippen molar-refractivity contribution in [3.63, 3.8) is 0 Å². The molecule has 0 aliphatic carbocycles. The summed E-state index contributed by atoms with van der Waals surface area (Å²) in [5.41, 5.74) is 4.27. The predicted molar refractivity (Wildman–Crippen MR) is 144 cm³/mol. The normalized spacial score (nSPS) is 13.9. The quantitative estimate of drug-likeness (QED) is 0.352. The molecule has 1 fully saturated rings. The number of amides is 1. The third kappa shape index (κ3) is 5.05. The molecular weight excluding hydrogens is 467 g/mol. The first kappa shape index (κ1) is 24.9. The van der Waals surface area contributed by atoms with Gasteiger partial charge in [0.05, 0.1) is 16.8 Å². The summed E-state index contributed by atoms with van der Waals surface area (Å²) in [6, 6.07) is 14.2. The van der Waals surface area contributed by atoms with Gasteiger partial charge in [0.2, 0.25) is 0 Å². The van der Waals surface area contributed by atoms with Gasteiger partial charge in [0.1, 0.15) is 17.5 Å². The van der Waals surface area contributed by atoms with E-state index in [1.165, 1.54) is 17.7 Å². The van der Waals surface area contributed by atoms with Crippen LogP contribution in [0.15, 0.2) is 48.5 Å². The maximum Gasteiger partial charge on any atom is 0.253 e. The SMILES string of the molecule is CCCCc1nc(N2CCN(C(=O)c3ccc(CC)cc3)CC2)c2c(C)nn(-c3ccc(F)cc3)c2n1. The Bertz CT molecular complexity index is 1390. The van der Waals surface area contributed by atoms with Crippen molar-refractivity contribution in [3.8, 4) is 5.69 Å². The number of nitrogens with zero attached hydrogens (tertiary/aromatic N) is 6. The molecule has 2 aromatic heterocycles. The number of aromatic nitrogens is 4.